The number of hydrogen-bond donors (Lipinski definition) is 3. The van der Waals surface area contributed by atoms with E-state index in [1.165, 1.54) is 4.90 Å². The molecule has 0 radical (unpaired) electrons. The van der Waals surface area contributed by atoms with Crippen molar-refractivity contribution in [1.82, 2.24) is 30.0 Å². The van der Waals surface area contributed by atoms with Crippen LogP contribution in [0.1, 0.15) is 12.8 Å². The first-order valence-electron chi connectivity index (χ1n) is 15.2. The third-order valence-electron chi connectivity index (χ3n) is 10.0. The number of para-hydroxylation sites is 1. The second kappa shape index (κ2) is 10.1. The third kappa shape index (κ3) is 4.62. The summed E-state index contributed by atoms with van der Waals surface area (Å²) in [6.45, 7) is 8.51. The molecule has 3 saturated heterocycles. The first kappa shape index (κ1) is 26.3. The van der Waals surface area contributed by atoms with E-state index >= 15 is 0 Å². The fourth-order valence-corrected chi connectivity index (χ4v) is 7.63. The summed E-state index contributed by atoms with van der Waals surface area (Å²) in [5, 5.41) is 31.7. The first-order valence-corrected chi connectivity index (χ1v) is 15.2. The van der Waals surface area contributed by atoms with E-state index in [2.05, 4.69) is 35.1 Å². The van der Waals surface area contributed by atoms with Crippen molar-refractivity contribution >= 4 is 29.2 Å². The maximum absolute atomic E-state index is 11.1. The highest BCUT2D eigenvalue weighted by atomic mass is 16.4. The number of hydrogen-bond acceptors (Lipinski definition) is 11. The number of carbonyl (C=O) groups is 1. The smallest absolute Gasteiger partial charge is 0.407 e. The Labute approximate surface area is 249 Å². The summed E-state index contributed by atoms with van der Waals surface area (Å²) in [4.78, 5) is 31.8. The molecule has 0 bridgehead atoms. The molecule has 4 fully saturated rings. The van der Waals surface area contributed by atoms with Crippen molar-refractivity contribution in [2.45, 2.75) is 24.9 Å². The molecule has 1 aromatic carbocycles. The fourth-order valence-electron chi connectivity index (χ4n) is 7.63. The number of phenols is 1. The Balaban J connectivity index is 0.866. The first-order chi connectivity index (χ1) is 20.9. The normalized spacial score (nSPS) is 23.2. The van der Waals surface area contributed by atoms with E-state index in [0.717, 1.165) is 88.3 Å². The van der Waals surface area contributed by atoms with Gasteiger partial charge in [0.25, 0.3) is 0 Å². The molecule has 8 rings (SSSR count). The molecule has 1 atom stereocenters. The topological polar surface area (TPSA) is 137 Å². The number of aromatic nitrogens is 4. The Morgan fingerprint density at radius 3 is 2.42 bits per heavy atom. The molecule has 5 aliphatic rings. The number of benzene rings is 1. The van der Waals surface area contributed by atoms with E-state index in [1.807, 2.05) is 30.6 Å². The quantitative estimate of drug-likeness (QED) is 0.414. The van der Waals surface area contributed by atoms with Crippen molar-refractivity contribution in [2.24, 2.45) is 5.41 Å². The van der Waals surface area contributed by atoms with E-state index in [4.69, 9.17) is 15.1 Å². The number of aromatic hydroxyl groups is 1. The lowest BCUT2D eigenvalue weighted by atomic mass is 9.60. The lowest BCUT2D eigenvalue weighted by Crippen LogP contribution is -2.68. The Morgan fingerprint density at radius 2 is 1.67 bits per heavy atom. The predicted octanol–water partition coefficient (Wildman–Crippen LogP) is 2.02. The van der Waals surface area contributed by atoms with Crippen LogP contribution in [0.4, 0.5) is 27.9 Å². The lowest BCUT2D eigenvalue weighted by molar-refractivity contribution is -0.0968. The average Bonchev–Trinajstić information content (AvgIpc) is 2.99. The molecule has 4 aliphatic heterocycles. The Bertz CT molecular complexity index is 1510. The largest absolute Gasteiger partial charge is 0.507 e. The summed E-state index contributed by atoms with van der Waals surface area (Å²) < 4.78 is 0. The standard InChI is InChI=1S/C30H36N10O3/c41-26-4-2-1-3-23(26)24-11-25-27(35-34-24)31-16-22-17-38(9-10-40(22)25)28-32-14-21(15-33-28)37-7-5-36(6-8-37)20-12-30(13-20)18-39(19-30)29(42)43/h1-4,11,14-15,20,22,41H,5-10,12-13,16-19H2,(H,31,35)(H,42,43). The van der Waals surface area contributed by atoms with E-state index < -0.39 is 6.09 Å². The molecule has 6 heterocycles. The number of carboxylic acid groups (broad SMARTS) is 1. The minimum absolute atomic E-state index is 0.195. The van der Waals surface area contributed by atoms with Gasteiger partial charge in [-0.15, -0.1) is 10.2 Å². The average molecular weight is 585 g/mol. The summed E-state index contributed by atoms with van der Waals surface area (Å²) in [5.74, 6) is 1.72. The highest BCUT2D eigenvalue weighted by Crippen LogP contribution is 2.50. The monoisotopic (exact) mass is 584 g/mol. The Kier molecular flexibility index (Phi) is 6.17. The van der Waals surface area contributed by atoms with Crippen molar-refractivity contribution in [2.75, 3.05) is 85.5 Å². The molecule has 1 unspecified atom stereocenters. The van der Waals surface area contributed by atoms with Crippen LogP contribution in [0, 0.1) is 5.41 Å². The second-order valence-corrected chi connectivity index (χ2v) is 12.6. The molecule has 43 heavy (non-hydrogen) atoms. The van der Waals surface area contributed by atoms with Gasteiger partial charge in [-0.3, -0.25) is 4.90 Å². The summed E-state index contributed by atoms with van der Waals surface area (Å²) >= 11 is 0. The molecule has 1 amide bonds. The number of likely N-dealkylation sites (tertiary alicyclic amines) is 1. The molecular formula is C30H36N10O3. The molecular weight excluding hydrogens is 548 g/mol. The minimum Gasteiger partial charge on any atom is -0.507 e. The maximum Gasteiger partial charge on any atom is 0.407 e. The molecule has 1 spiro atoms. The Morgan fingerprint density at radius 1 is 0.930 bits per heavy atom. The van der Waals surface area contributed by atoms with Gasteiger partial charge >= 0.3 is 6.09 Å². The fraction of sp³-hybridized carbons (Fsp3) is 0.500. The summed E-state index contributed by atoms with van der Waals surface area (Å²) in [5.41, 5.74) is 3.64. The van der Waals surface area contributed by atoms with Crippen LogP contribution in [0.15, 0.2) is 42.7 Å². The van der Waals surface area contributed by atoms with Gasteiger partial charge in [0.1, 0.15) is 5.75 Å². The van der Waals surface area contributed by atoms with Gasteiger partial charge in [-0.25, -0.2) is 14.8 Å². The van der Waals surface area contributed by atoms with Crippen LogP contribution in [0.2, 0.25) is 0 Å². The molecule has 13 heteroatoms. The number of amides is 1. The van der Waals surface area contributed by atoms with Crippen molar-refractivity contribution in [3.63, 3.8) is 0 Å². The summed E-state index contributed by atoms with van der Waals surface area (Å²) in [7, 11) is 0. The zero-order chi connectivity index (χ0) is 29.1. The number of rotatable bonds is 4. The van der Waals surface area contributed by atoms with Gasteiger partial charge in [-0.05, 0) is 31.0 Å². The number of piperazine rings is 2. The third-order valence-corrected chi connectivity index (χ3v) is 10.0. The maximum atomic E-state index is 11.1. The van der Waals surface area contributed by atoms with Crippen molar-refractivity contribution in [3.8, 4) is 17.0 Å². The van der Waals surface area contributed by atoms with Crippen molar-refractivity contribution < 1.29 is 15.0 Å². The van der Waals surface area contributed by atoms with E-state index in [9.17, 15) is 9.90 Å². The van der Waals surface area contributed by atoms with E-state index in [1.54, 1.807) is 12.1 Å². The van der Waals surface area contributed by atoms with Gasteiger partial charge < -0.3 is 35.1 Å². The second-order valence-electron chi connectivity index (χ2n) is 12.6. The zero-order valence-electron chi connectivity index (χ0n) is 24.0. The number of anilines is 4. The number of fused-ring (bicyclic) bond motifs is 3. The number of nitrogens with zero attached hydrogens (tertiary/aromatic N) is 9. The summed E-state index contributed by atoms with van der Waals surface area (Å²) in [6.07, 6.45) is 5.37. The molecule has 13 nitrogen and oxygen atoms in total. The highest BCUT2D eigenvalue weighted by Gasteiger charge is 2.55. The summed E-state index contributed by atoms with van der Waals surface area (Å²) in [6, 6.07) is 10.0. The lowest BCUT2D eigenvalue weighted by Gasteiger charge is -2.60. The van der Waals surface area contributed by atoms with Gasteiger partial charge in [-0.1, -0.05) is 12.1 Å². The predicted molar refractivity (Wildman–Crippen MR) is 162 cm³/mol. The number of phenolic OH excluding ortho intramolecular Hbond substituents is 1. The van der Waals surface area contributed by atoms with Crippen LogP contribution in [-0.4, -0.2) is 124 Å². The number of nitrogens with one attached hydrogen (secondary N) is 1. The molecule has 1 saturated carbocycles. The molecule has 2 aromatic heterocycles. The van der Waals surface area contributed by atoms with E-state index in [0.29, 0.717) is 30.4 Å². The SMILES string of the molecule is O=C(O)N1CC2(CC(N3CCN(c4cnc(N5CCN6c7cc(-c8ccccc8O)nnc7NCC6C5)nc4)CC3)C2)C1. The highest BCUT2D eigenvalue weighted by molar-refractivity contribution is 5.76. The molecule has 224 valence electrons. The molecule has 3 N–H and O–H groups in total. The van der Waals surface area contributed by atoms with Crippen LogP contribution >= 0.6 is 0 Å². The van der Waals surface area contributed by atoms with Crippen molar-refractivity contribution in [3.05, 3.63) is 42.7 Å². The van der Waals surface area contributed by atoms with Crippen LogP contribution in [0.3, 0.4) is 0 Å². The Hall–Kier alpha value is -4.39. The minimum atomic E-state index is -0.787. The van der Waals surface area contributed by atoms with Gasteiger partial charge in [-0.2, -0.15) is 0 Å². The van der Waals surface area contributed by atoms with Gasteiger partial charge in [0, 0.05) is 82.5 Å². The zero-order valence-corrected chi connectivity index (χ0v) is 24.0. The van der Waals surface area contributed by atoms with Crippen LogP contribution in [0.25, 0.3) is 11.3 Å². The van der Waals surface area contributed by atoms with E-state index in [-0.39, 0.29) is 17.2 Å². The van der Waals surface area contributed by atoms with Gasteiger partial charge in [0.15, 0.2) is 5.82 Å². The van der Waals surface area contributed by atoms with Crippen LogP contribution in [0.5, 0.6) is 5.75 Å². The van der Waals surface area contributed by atoms with Crippen molar-refractivity contribution in [1.29, 1.82) is 0 Å². The van der Waals surface area contributed by atoms with Gasteiger partial charge in [0.05, 0.1) is 35.5 Å². The molecule has 1 aliphatic carbocycles. The van der Waals surface area contributed by atoms with Gasteiger partial charge in [0.2, 0.25) is 5.95 Å². The van der Waals surface area contributed by atoms with Crippen LogP contribution < -0.4 is 20.0 Å². The van der Waals surface area contributed by atoms with Crippen LogP contribution in [-0.2, 0) is 0 Å². The molecule has 3 aromatic rings.